The SMILES string of the molecule is CCCCCCCCS(=O)C(C)Cc1ccc2c(c1)OCO2.[Cu]. The van der Waals surface area contributed by atoms with Crippen LogP contribution in [0.3, 0.4) is 0 Å². The van der Waals surface area contributed by atoms with Gasteiger partial charge in [-0.15, -0.1) is 0 Å². The minimum Gasteiger partial charge on any atom is -0.454 e. The van der Waals surface area contributed by atoms with E-state index in [1.54, 1.807) is 0 Å². The van der Waals surface area contributed by atoms with Crippen molar-refractivity contribution in [2.45, 2.75) is 64.0 Å². The molecule has 0 bridgehead atoms. The predicted octanol–water partition coefficient (Wildman–Crippen LogP) is 4.45. The van der Waals surface area contributed by atoms with Gasteiger partial charge in [0.15, 0.2) is 11.5 Å². The van der Waals surface area contributed by atoms with Crippen molar-refractivity contribution in [3.8, 4) is 11.5 Å². The fraction of sp³-hybridized carbons (Fsp3) is 0.667. The summed E-state index contributed by atoms with van der Waals surface area (Å²) < 4.78 is 23.0. The third kappa shape index (κ3) is 6.86. The second kappa shape index (κ2) is 11.1. The van der Waals surface area contributed by atoms with Crippen LogP contribution in [0.15, 0.2) is 18.2 Å². The average molecular weight is 388 g/mol. The van der Waals surface area contributed by atoms with Crippen molar-refractivity contribution in [3.05, 3.63) is 23.8 Å². The van der Waals surface area contributed by atoms with Crippen molar-refractivity contribution >= 4 is 10.8 Å². The van der Waals surface area contributed by atoms with Gasteiger partial charge in [-0.1, -0.05) is 52.0 Å². The molecule has 5 heteroatoms. The van der Waals surface area contributed by atoms with Gasteiger partial charge in [-0.05, 0) is 30.5 Å². The first kappa shape index (κ1) is 20.5. The molecule has 0 fully saturated rings. The van der Waals surface area contributed by atoms with E-state index in [1.807, 2.05) is 18.2 Å². The van der Waals surface area contributed by atoms with Crippen molar-refractivity contribution in [2.75, 3.05) is 12.5 Å². The molecule has 2 rings (SSSR count). The van der Waals surface area contributed by atoms with E-state index in [0.29, 0.717) is 6.79 Å². The van der Waals surface area contributed by atoms with Gasteiger partial charge >= 0.3 is 0 Å². The van der Waals surface area contributed by atoms with Gasteiger partial charge in [0.05, 0.1) is 0 Å². The van der Waals surface area contributed by atoms with Crippen LogP contribution in [0.1, 0.15) is 57.9 Å². The van der Waals surface area contributed by atoms with Gasteiger partial charge in [-0.3, -0.25) is 4.21 Å². The summed E-state index contributed by atoms with van der Waals surface area (Å²) >= 11 is 0. The molecular weight excluding hydrogens is 360 g/mol. The monoisotopic (exact) mass is 387 g/mol. The van der Waals surface area contributed by atoms with E-state index in [2.05, 4.69) is 13.8 Å². The molecule has 2 atom stereocenters. The number of unbranched alkanes of at least 4 members (excludes halogenated alkanes) is 5. The molecule has 0 spiro atoms. The summed E-state index contributed by atoms with van der Waals surface area (Å²) in [4.78, 5) is 0. The Bertz CT molecular complexity index is 493. The molecule has 1 radical (unpaired) electrons. The molecule has 3 nitrogen and oxygen atoms in total. The summed E-state index contributed by atoms with van der Waals surface area (Å²) in [5.41, 5.74) is 1.17. The third-order valence-corrected chi connectivity index (χ3v) is 5.86. The Morgan fingerprint density at radius 3 is 2.57 bits per heavy atom. The quantitative estimate of drug-likeness (QED) is 0.439. The molecule has 1 heterocycles. The molecule has 1 aromatic carbocycles. The zero-order valence-corrected chi connectivity index (χ0v) is 15.9. The van der Waals surface area contributed by atoms with Gasteiger partial charge in [-0.2, -0.15) is 0 Å². The Morgan fingerprint density at radius 2 is 1.78 bits per heavy atom. The number of ether oxygens (including phenoxy) is 2. The second-order valence-electron chi connectivity index (χ2n) is 6.05. The Morgan fingerprint density at radius 1 is 1.09 bits per heavy atom. The Balaban J connectivity index is 0.00000264. The smallest absolute Gasteiger partial charge is 0.231 e. The average Bonchev–Trinajstić information content (AvgIpc) is 2.98. The van der Waals surface area contributed by atoms with Crippen LogP contribution in [0.5, 0.6) is 11.5 Å². The van der Waals surface area contributed by atoms with E-state index in [4.69, 9.17) is 9.47 Å². The summed E-state index contributed by atoms with van der Waals surface area (Å²) in [7, 11) is -0.743. The van der Waals surface area contributed by atoms with E-state index in [0.717, 1.165) is 30.1 Å². The zero-order chi connectivity index (χ0) is 15.8. The van der Waals surface area contributed by atoms with Gasteiger partial charge in [0.2, 0.25) is 6.79 Å². The molecule has 23 heavy (non-hydrogen) atoms. The summed E-state index contributed by atoms with van der Waals surface area (Å²) in [6, 6.07) is 6.01. The minimum atomic E-state index is -0.743. The van der Waals surface area contributed by atoms with Crippen LogP contribution in [0.25, 0.3) is 0 Å². The minimum absolute atomic E-state index is 0. The van der Waals surface area contributed by atoms with Crippen LogP contribution in [0.2, 0.25) is 0 Å². The predicted molar refractivity (Wildman–Crippen MR) is 92.1 cm³/mol. The van der Waals surface area contributed by atoms with Crippen LogP contribution in [-0.2, 0) is 34.3 Å². The number of rotatable bonds is 10. The van der Waals surface area contributed by atoms with Crippen molar-refractivity contribution in [1.82, 2.24) is 0 Å². The van der Waals surface area contributed by atoms with Crippen LogP contribution in [-0.4, -0.2) is 22.0 Å². The number of hydrogen-bond donors (Lipinski definition) is 0. The van der Waals surface area contributed by atoms with Crippen molar-refractivity contribution < 1.29 is 30.8 Å². The Hall–Kier alpha value is -0.511. The maximum atomic E-state index is 12.3. The summed E-state index contributed by atoms with van der Waals surface area (Å²) in [6.45, 7) is 4.61. The normalized spacial score (nSPS) is 15.0. The first-order valence-corrected chi connectivity index (χ1v) is 9.84. The molecule has 1 aliphatic heterocycles. The topological polar surface area (TPSA) is 35.5 Å². The van der Waals surface area contributed by atoms with Gasteiger partial charge in [0.1, 0.15) is 0 Å². The fourth-order valence-electron chi connectivity index (χ4n) is 2.72. The van der Waals surface area contributed by atoms with Crippen LogP contribution >= 0.6 is 0 Å². The molecule has 2 unspecified atom stereocenters. The third-order valence-electron chi connectivity index (χ3n) is 4.11. The summed E-state index contributed by atoms with van der Waals surface area (Å²) in [6.07, 6.45) is 8.32. The van der Waals surface area contributed by atoms with Crippen molar-refractivity contribution in [3.63, 3.8) is 0 Å². The van der Waals surface area contributed by atoms with Gasteiger partial charge in [0.25, 0.3) is 0 Å². The molecular formula is C18H28CuO3S. The first-order chi connectivity index (χ1) is 10.7. The maximum absolute atomic E-state index is 12.3. The van der Waals surface area contributed by atoms with Crippen LogP contribution < -0.4 is 9.47 Å². The van der Waals surface area contributed by atoms with E-state index in [9.17, 15) is 4.21 Å². The van der Waals surface area contributed by atoms with E-state index in [1.165, 1.54) is 37.7 Å². The second-order valence-corrected chi connectivity index (χ2v) is 8.03. The first-order valence-electron chi connectivity index (χ1n) is 8.46. The maximum Gasteiger partial charge on any atom is 0.231 e. The molecule has 1 aliphatic rings. The zero-order valence-electron chi connectivity index (χ0n) is 14.1. The largest absolute Gasteiger partial charge is 0.454 e. The standard InChI is InChI=1S/C18H28O3S.Cu/c1-3-4-5-6-7-8-11-22(19)15(2)12-16-9-10-17-18(13-16)21-14-20-17;/h9-10,13,15H,3-8,11-12,14H2,1-2H3;. The molecule has 0 amide bonds. The fourth-order valence-corrected chi connectivity index (χ4v) is 3.99. The molecule has 0 saturated heterocycles. The van der Waals surface area contributed by atoms with Crippen LogP contribution in [0.4, 0.5) is 0 Å². The van der Waals surface area contributed by atoms with E-state index >= 15 is 0 Å². The van der Waals surface area contributed by atoms with E-state index in [-0.39, 0.29) is 22.3 Å². The molecule has 0 saturated carbocycles. The molecule has 135 valence electrons. The van der Waals surface area contributed by atoms with Crippen molar-refractivity contribution in [1.29, 1.82) is 0 Å². The number of hydrogen-bond acceptors (Lipinski definition) is 3. The molecule has 1 aromatic rings. The Kier molecular flexibility index (Phi) is 9.92. The molecule has 0 aliphatic carbocycles. The van der Waals surface area contributed by atoms with Crippen molar-refractivity contribution in [2.24, 2.45) is 0 Å². The van der Waals surface area contributed by atoms with Gasteiger partial charge < -0.3 is 9.47 Å². The molecule has 0 aromatic heterocycles. The number of benzene rings is 1. The number of fused-ring (bicyclic) bond motifs is 1. The Labute approximate surface area is 153 Å². The molecule has 0 N–H and O–H groups in total. The van der Waals surface area contributed by atoms with Gasteiger partial charge in [0, 0.05) is 38.9 Å². The summed E-state index contributed by atoms with van der Waals surface area (Å²) in [5, 5.41) is 0.191. The van der Waals surface area contributed by atoms with Gasteiger partial charge in [-0.25, -0.2) is 0 Å². The summed E-state index contributed by atoms with van der Waals surface area (Å²) in [5.74, 6) is 2.45. The van der Waals surface area contributed by atoms with Crippen LogP contribution in [0, 0.1) is 0 Å². The van der Waals surface area contributed by atoms with E-state index < -0.39 is 10.8 Å².